The van der Waals surface area contributed by atoms with Gasteiger partial charge in [0.15, 0.2) is 0 Å². The highest BCUT2D eigenvalue weighted by Crippen LogP contribution is 2.16. The molecule has 0 aliphatic rings. The molecule has 1 aromatic heterocycles. The molecule has 2 rings (SSSR count). The fourth-order valence-electron chi connectivity index (χ4n) is 1.44. The second-order valence-electron chi connectivity index (χ2n) is 3.69. The van der Waals surface area contributed by atoms with Crippen LogP contribution in [-0.2, 0) is 0 Å². The van der Waals surface area contributed by atoms with Gasteiger partial charge >= 0.3 is 6.61 Å². The van der Waals surface area contributed by atoms with Gasteiger partial charge in [-0.1, -0.05) is 24.4 Å². The standard InChI is InChI=1S/C13H9F3N2OS/c14-9-3-1-2-4-10(9)18-12(20)11-6-5-8(7-17-11)19-13(15)16/h1-7,13H,(H,18,20). The smallest absolute Gasteiger partial charge is 0.387 e. The molecule has 1 N–H and O–H groups in total. The summed E-state index contributed by atoms with van der Waals surface area (Å²) in [4.78, 5) is 4.05. The monoisotopic (exact) mass is 298 g/mol. The minimum atomic E-state index is -2.91. The maximum atomic E-state index is 13.4. The van der Waals surface area contributed by atoms with E-state index >= 15 is 0 Å². The zero-order valence-corrected chi connectivity index (χ0v) is 10.8. The third kappa shape index (κ3) is 3.67. The minimum Gasteiger partial charge on any atom is -0.433 e. The summed E-state index contributed by atoms with van der Waals surface area (Å²) in [5.41, 5.74) is 0.539. The number of alkyl halides is 2. The van der Waals surface area contributed by atoms with Crippen LogP contribution >= 0.6 is 12.2 Å². The van der Waals surface area contributed by atoms with E-state index in [-0.39, 0.29) is 16.4 Å². The van der Waals surface area contributed by atoms with E-state index in [4.69, 9.17) is 12.2 Å². The molecule has 0 radical (unpaired) electrons. The molecule has 1 heterocycles. The topological polar surface area (TPSA) is 34.1 Å². The van der Waals surface area contributed by atoms with E-state index in [1.54, 1.807) is 12.1 Å². The Balaban J connectivity index is 2.08. The van der Waals surface area contributed by atoms with Crippen molar-refractivity contribution in [2.45, 2.75) is 6.61 Å². The van der Waals surface area contributed by atoms with Gasteiger partial charge in [-0.15, -0.1) is 0 Å². The van der Waals surface area contributed by atoms with Gasteiger partial charge in [-0.25, -0.2) is 9.37 Å². The van der Waals surface area contributed by atoms with Gasteiger partial charge in [0.1, 0.15) is 16.6 Å². The number of hydrogen-bond acceptors (Lipinski definition) is 3. The SMILES string of the molecule is Fc1ccccc1NC(=S)c1ccc(OC(F)F)cn1. The van der Waals surface area contributed by atoms with Crippen molar-refractivity contribution in [2.75, 3.05) is 5.32 Å². The first-order valence-corrected chi connectivity index (χ1v) is 5.94. The number of hydrogen-bond donors (Lipinski definition) is 1. The van der Waals surface area contributed by atoms with Crippen LogP contribution in [0.5, 0.6) is 5.75 Å². The molecule has 3 nitrogen and oxygen atoms in total. The van der Waals surface area contributed by atoms with Crippen molar-refractivity contribution >= 4 is 22.9 Å². The fraction of sp³-hybridized carbons (Fsp3) is 0.0769. The average Bonchev–Trinajstić information content (AvgIpc) is 2.41. The van der Waals surface area contributed by atoms with Gasteiger partial charge < -0.3 is 10.1 Å². The summed E-state index contributed by atoms with van der Waals surface area (Å²) < 4.78 is 41.6. The van der Waals surface area contributed by atoms with E-state index in [9.17, 15) is 13.2 Å². The number of nitrogens with zero attached hydrogens (tertiary/aromatic N) is 1. The van der Waals surface area contributed by atoms with Gasteiger partial charge in [0.25, 0.3) is 0 Å². The largest absolute Gasteiger partial charge is 0.433 e. The average molecular weight is 298 g/mol. The summed E-state index contributed by atoms with van der Waals surface area (Å²) in [6.07, 6.45) is 1.12. The number of anilines is 1. The molecule has 20 heavy (non-hydrogen) atoms. The molecule has 0 fully saturated rings. The van der Waals surface area contributed by atoms with Crippen molar-refractivity contribution in [1.29, 1.82) is 0 Å². The number of thiocarbonyl (C=S) groups is 1. The summed E-state index contributed by atoms with van der Waals surface area (Å²) in [5, 5.41) is 2.69. The lowest BCUT2D eigenvalue weighted by molar-refractivity contribution is -0.0500. The van der Waals surface area contributed by atoms with Crippen LogP contribution in [0.2, 0.25) is 0 Å². The molecule has 0 saturated heterocycles. The molecule has 2 aromatic rings. The molecule has 0 atom stereocenters. The number of benzene rings is 1. The molecule has 7 heteroatoms. The van der Waals surface area contributed by atoms with Gasteiger partial charge in [0, 0.05) is 0 Å². The van der Waals surface area contributed by atoms with Gasteiger partial charge in [0.2, 0.25) is 0 Å². The van der Waals surface area contributed by atoms with E-state index < -0.39 is 12.4 Å². The predicted octanol–water partition coefficient (Wildman–Crippen LogP) is 3.61. The molecule has 0 aliphatic carbocycles. The molecule has 0 amide bonds. The van der Waals surface area contributed by atoms with Gasteiger partial charge in [-0.05, 0) is 24.3 Å². The van der Waals surface area contributed by atoms with Crippen molar-refractivity contribution in [3.8, 4) is 5.75 Å². The van der Waals surface area contributed by atoms with Crippen molar-refractivity contribution in [3.63, 3.8) is 0 Å². The van der Waals surface area contributed by atoms with E-state index in [2.05, 4.69) is 15.0 Å². The lowest BCUT2D eigenvalue weighted by Gasteiger charge is -2.09. The minimum absolute atomic E-state index is 0.0718. The third-order valence-electron chi connectivity index (χ3n) is 2.32. The van der Waals surface area contributed by atoms with E-state index in [1.807, 2.05) is 0 Å². The number of aromatic nitrogens is 1. The van der Waals surface area contributed by atoms with Crippen LogP contribution in [0.3, 0.4) is 0 Å². The number of para-hydroxylation sites is 1. The maximum Gasteiger partial charge on any atom is 0.387 e. The lowest BCUT2D eigenvalue weighted by Crippen LogP contribution is -2.13. The normalized spacial score (nSPS) is 10.4. The number of rotatable bonds is 4. The van der Waals surface area contributed by atoms with Crippen LogP contribution in [0, 0.1) is 5.82 Å². The van der Waals surface area contributed by atoms with Crippen molar-refractivity contribution < 1.29 is 17.9 Å². The molecule has 0 spiro atoms. The quantitative estimate of drug-likeness (QED) is 0.874. The molecular weight excluding hydrogens is 289 g/mol. The molecule has 0 bridgehead atoms. The Labute approximate surface area is 118 Å². The first-order valence-electron chi connectivity index (χ1n) is 5.53. The Bertz CT molecular complexity index is 605. The molecule has 0 unspecified atom stereocenters. The Hall–Kier alpha value is -2.15. The second kappa shape index (κ2) is 6.33. The van der Waals surface area contributed by atoms with Gasteiger partial charge in [-0.3, -0.25) is 0 Å². The zero-order valence-electron chi connectivity index (χ0n) is 10.0. The first-order chi connectivity index (χ1) is 9.56. The summed E-state index contributed by atoms with van der Waals surface area (Å²) in [5.74, 6) is -0.523. The van der Waals surface area contributed by atoms with Crippen molar-refractivity contribution in [1.82, 2.24) is 4.98 Å². The second-order valence-corrected chi connectivity index (χ2v) is 4.10. The Morgan fingerprint density at radius 3 is 2.55 bits per heavy atom. The van der Waals surface area contributed by atoms with Crippen molar-refractivity contribution in [3.05, 3.63) is 54.1 Å². The predicted molar refractivity (Wildman–Crippen MR) is 72.6 cm³/mol. The summed E-state index contributed by atoms with van der Waals surface area (Å²) >= 11 is 5.06. The Morgan fingerprint density at radius 1 is 1.20 bits per heavy atom. The highest BCUT2D eigenvalue weighted by Gasteiger charge is 2.08. The highest BCUT2D eigenvalue weighted by molar-refractivity contribution is 7.81. The van der Waals surface area contributed by atoms with Crippen LogP contribution in [-0.4, -0.2) is 16.6 Å². The zero-order chi connectivity index (χ0) is 14.5. The number of halogens is 3. The van der Waals surface area contributed by atoms with Crippen LogP contribution in [0.4, 0.5) is 18.9 Å². The number of pyridine rings is 1. The summed E-state index contributed by atoms with van der Waals surface area (Å²) in [6, 6.07) is 8.74. The van der Waals surface area contributed by atoms with Gasteiger partial charge in [0.05, 0.1) is 17.6 Å². The number of nitrogens with one attached hydrogen (secondary N) is 1. The van der Waals surface area contributed by atoms with E-state index in [1.165, 1.54) is 24.3 Å². The Kier molecular flexibility index (Phi) is 4.52. The first kappa shape index (κ1) is 14.3. The molecule has 104 valence electrons. The van der Waals surface area contributed by atoms with Crippen LogP contribution in [0.25, 0.3) is 0 Å². The molecule has 1 aromatic carbocycles. The number of ether oxygens (including phenoxy) is 1. The van der Waals surface area contributed by atoms with Gasteiger partial charge in [-0.2, -0.15) is 8.78 Å². The van der Waals surface area contributed by atoms with Crippen LogP contribution < -0.4 is 10.1 Å². The van der Waals surface area contributed by atoms with Crippen LogP contribution in [0.1, 0.15) is 5.69 Å². The van der Waals surface area contributed by atoms with E-state index in [0.717, 1.165) is 6.20 Å². The lowest BCUT2D eigenvalue weighted by atomic mass is 10.3. The van der Waals surface area contributed by atoms with E-state index in [0.29, 0.717) is 5.69 Å². The summed E-state index contributed by atoms with van der Waals surface area (Å²) in [6.45, 7) is -2.91. The van der Waals surface area contributed by atoms with Crippen molar-refractivity contribution in [2.24, 2.45) is 0 Å². The highest BCUT2D eigenvalue weighted by atomic mass is 32.1. The third-order valence-corrected chi connectivity index (χ3v) is 2.63. The molecular formula is C13H9F3N2OS. The molecule has 0 aliphatic heterocycles. The fourth-order valence-corrected chi connectivity index (χ4v) is 1.67. The Morgan fingerprint density at radius 2 is 1.95 bits per heavy atom. The summed E-state index contributed by atoms with van der Waals surface area (Å²) in [7, 11) is 0. The molecule has 0 saturated carbocycles. The maximum absolute atomic E-state index is 13.4. The van der Waals surface area contributed by atoms with Crippen LogP contribution in [0.15, 0.2) is 42.6 Å².